The highest BCUT2D eigenvalue weighted by Gasteiger charge is 2.21. The van der Waals surface area contributed by atoms with Crippen LogP contribution in [-0.2, 0) is 4.74 Å². The molecule has 18 heavy (non-hydrogen) atoms. The molecule has 1 saturated carbocycles. The minimum Gasteiger partial charge on any atom is -0.494 e. The lowest BCUT2D eigenvalue weighted by molar-refractivity contribution is 0.0669. The number of rotatable bonds is 4. The number of nitrogens with one attached hydrogen (secondary N) is 1. The lowest BCUT2D eigenvalue weighted by Crippen LogP contribution is -2.30. The van der Waals surface area contributed by atoms with Crippen molar-refractivity contribution in [3.63, 3.8) is 0 Å². The summed E-state index contributed by atoms with van der Waals surface area (Å²) in [6.45, 7) is 0. The van der Waals surface area contributed by atoms with Crippen molar-refractivity contribution < 1.29 is 13.9 Å². The molecule has 1 aliphatic rings. The molecule has 0 aromatic heterocycles. The largest absolute Gasteiger partial charge is 0.494 e. The van der Waals surface area contributed by atoms with E-state index >= 15 is 0 Å². The summed E-state index contributed by atoms with van der Waals surface area (Å²) in [5, 5.41) is 3.42. The van der Waals surface area contributed by atoms with Crippen molar-refractivity contribution in [2.45, 2.75) is 37.8 Å². The third kappa shape index (κ3) is 3.13. The fourth-order valence-corrected chi connectivity index (χ4v) is 2.48. The standard InChI is InChI=1S/C14H20FNO2/c1-17-12-5-3-4-10(8-12)16-11-6-7-13(15)14(9-11)18-2/h6-7,9-10,12,16H,3-5,8H2,1-2H3. The summed E-state index contributed by atoms with van der Waals surface area (Å²) >= 11 is 0. The van der Waals surface area contributed by atoms with Crippen LogP contribution in [0.15, 0.2) is 18.2 Å². The minimum atomic E-state index is -0.332. The van der Waals surface area contributed by atoms with Gasteiger partial charge in [-0.2, -0.15) is 0 Å². The Morgan fingerprint density at radius 1 is 1.28 bits per heavy atom. The van der Waals surface area contributed by atoms with Crippen molar-refractivity contribution >= 4 is 5.69 Å². The van der Waals surface area contributed by atoms with Gasteiger partial charge in [-0.3, -0.25) is 0 Å². The second-order valence-corrected chi connectivity index (χ2v) is 4.71. The second kappa shape index (κ2) is 6.05. The lowest BCUT2D eigenvalue weighted by atomic mass is 9.92. The molecule has 1 aromatic carbocycles. The summed E-state index contributed by atoms with van der Waals surface area (Å²) in [5.74, 6) is -0.0550. The van der Waals surface area contributed by atoms with Gasteiger partial charge in [0.1, 0.15) is 0 Å². The molecule has 100 valence electrons. The van der Waals surface area contributed by atoms with E-state index in [0.717, 1.165) is 31.4 Å². The molecule has 0 saturated heterocycles. The number of hydrogen-bond donors (Lipinski definition) is 1. The number of hydrogen-bond acceptors (Lipinski definition) is 3. The highest BCUT2D eigenvalue weighted by atomic mass is 19.1. The lowest BCUT2D eigenvalue weighted by Gasteiger charge is -2.29. The van der Waals surface area contributed by atoms with Crippen molar-refractivity contribution in [2.24, 2.45) is 0 Å². The molecule has 1 aromatic rings. The Kier molecular flexibility index (Phi) is 4.42. The molecule has 2 atom stereocenters. The molecule has 1 aliphatic carbocycles. The van der Waals surface area contributed by atoms with Gasteiger partial charge in [-0.25, -0.2) is 4.39 Å². The van der Waals surface area contributed by atoms with Gasteiger partial charge in [0, 0.05) is 24.9 Å². The van der Waals surface area contributed by atoms with Crippen LogP contribution in [0.4, 0.5) is 10.1 Å². The minimum absolute atomic E-state index is 0.277. The highest BCUT2D eigenvalue weighted by molar-refractivity contribution is 5.49. The van der Waals surface area contributed by atoms with E-state index in [1.165, 1.54) is 13.2 Å². The Labute approximate surface area is 107 Å². The average molecular weight is 253 g/mol. The number of anilines is 1. The first-order valence-electron chi connectivity index (χ1n) is 6.36. The van der Waals surface area contributed by atoms with E-state index in [1.807, 2.05) is 0 Å². The summed E-state index contributed by atoms with van der Waals surface area (Å²) in [6, 6.07) is 5.26. The average Bonchev–Trinajstić information content (AvgIpc) is 2.41. The molecule has 3 nitrogen and oxygen atoms in total. The third-order valence-electron chi connectivity index (χ3n) is 3.48. The maximum absolute atomic E-state index is 13.3. The van der Waals surface area contributed by atoms with Gasteiger partial charge in [0.25, 0.3) is 0 Å². The van der Waals surface area contributed by atoms with E-state index in [9.17, 15) is 4.39 Å². The molecule has 0 heterocycles. The van der Waals surface area contributed by atoms with Gasteiger partial charge in [0.15, 0.2) is 11.6 Å². The van der Waals surface area contributed by atoms with Gasteiger partial charge in [0.2, 0.25) is 0 Å². The number of ether oxygens (including phenoxy) is 2. The van der Waals surface area contributed by atoms with Gasteiger partial charge < -0.3 is 14.8 Å². The van der Waals surface area contributed by atoms with Crippen molar-refractivity contribution in [1.29, 1.82) is 0 Å². The van der Waals surface area contributed by atoms with Crippen LogP contribution in [0.2, 0.25) is 0 Å². The Morgan fingerprint density at radius 3 is 2.83 bits per heavy atom. The zero-order chi connectivity index (χ0) is 13.0. The fraction of sp³-hybridized carbons (Fsp3) is 0.571. The smallest absolute Gasteiger partial charge is 0.165 e. The van der Waals surface area contributed by atoms with E-state index < -0.39 is 0 Å². The second-order valence-electron chi connectivity index (χ2n) is 4.71. The molecular weight excluding hydrogens is 233 g/mol. The SMILES string of the molecule is COc1cc(NC2CCCC(OC)C2)ccc1F. The van der Waals surface area contributed by atoms with E-state index in [0.29, 0.717) is 12.1 Å². The van der Waals surface area contributed by atoms with E-state index in [1.54, 1.807) is 19.2 Å². The molecule has 0 bridgehead atoms. The summed E-state index contributed by atoms with van der Waals surface area (Å²) in [6.07, 6.45) is 4.74. The first kappa shape index (κ1) is 13.1. The molecule has 0 radical (unpaired) electrons. The molecule has 1 N–H and O–H groups in total. The summed E-state index contributed by atoms with van der Waals surface area (Å²) in [4.78, 5) is 0. The van der Waals surface area contributed by atoms with Gasteiger partial charge >= 0.3 is 0 Å². The van der Waals surface area contributed by atoms with Crippen LogP contribution >= 0.6 is 0 Å². The number of methoxy groups -OCH3 is 2. The highest BCUT2D eigenvalue weighted by Crippen LogP contribution is 2.26. The Morgan fingerprint density at radius 2 is 2.11 bits per heavy atom. The van der Waals surface area contributed by atoms with Gasteiger partial charge in [-0.1, -0.05) is 0 Å². The van der Waals surface area contributed by atoms with Crippen LogP contribution in [-0.4, -0.2) is 26.4 Å². The molecular formula is C14H20FNO2. The monoisotopic (exact) mass is 253 g/mol. The molecule has 1 fully saturated rings. The van der Waals surface area contributed by atoms with Gasteiger partial charge in [0.05, 0.1) is 13.2 Å². The maximum Gasteiger partial charge on any atom is 0.165 e. The van der Waals surface area contributed by atoms with Crippen LogP contribution in [0.5, 0.6) is 5.75 Å². The molecule has 0 amide bonds. The summed E-state index contributed by atoms with van der Waals surface area (Å²) < 4.78 is 23.7. The Hall–Kier alpha value is -1.29. The molecule has 0 aliphatic heterocycles. The van der Waals surface area contributed by atoms with E-state index in [-0.39, 0.29) is 11.6 Å². The first-order valence-corrected chi connectivity index (χ1v) is 6.36. The number of benzene rings is 1. The predicted molar refractivity (Wildman–Crippen MR) is 69.6 cm³/mol. The molecule has 4 heteroatoms. The zero-order valence-electron chi connectivity index (χ0n) is 10.9. The topological polar surface area (TPSA) is 30.5 Å². The first-order chi connectivity index (χ1) is 8.72. The summed E-state index contributed by atoms with van der Waals surface area (Å²) in [5.41, 5.74) is 0.898. The fourth-order valence-electron chi connectivity index (χ4n) is 2.48. The van der Waals surface area contributed by atoms with E-state index in [2.05, 4.69) is 5.32 Å². The van der Waals surface area contributed by atoms with Gasteiger partial charge in [-0.15, -0.1) is 0 Å². The quantitative estimate of drug-likeness (QED) is 0.893. The Bertz CT molecular complexity index is 397. The van der Waals surface area contributed by atoms with Crippen molar-refractivity contribution in [2.75, 3.05) is 19.5 Å². The van der Waals surface area contributed by atoms with Crippen molar-refractivity contribution in [3.8, 4) is 5.75 Å². The predicted octanol–water partition coefficient (Wildman–Crippen LogP) is 3.20. The molecule has 0 spiro atoms. The Balaban J connectivity index is 2.00. The van der Waals surface area contributed by atoms with Gasteiger partial charge in [-0.05, 0) is 37.8 Å². The zero-order valence-corrected chi connectivity index (χ0v) is 10.9. The third-order valence-corrected chi connectivity index (χ3v) is 3.48. The van der Waals surface area contributed by atoms with E-state index in [4.69, 9.17) is 9.47 Å². The van der Waals surface area contributed by atoms with Crippen LogP contribution in [0.25, 0.3) is 0 Å². The van der Waals surface area contributed by atoms with Crippen LogP contribution < -0.4 is 10.1 Å². The number of halogens is 1. The molecule has 2 rings (SSSR count). The maximum atomic E-state index is 13.3. The van der Waals surface area contributed by atoms with Crippen molar-refractivity contribution in [1.82, 2.24) is 0 Å². The van der Waals surface area contributed by atoms with Crippen LogP contribution in [0.3, 0.4) is 0 Å². The molecule has 2 unspecified atom stereocenters. The van der Waals surface area contributed by atoms with Crippen LogP contribution in [0.1, 0.15) is 25.7 Å². The van der Waals surface area contributed by atoms with Crippen LogP contribution in [0, 0.1) is 5.82 Å². The summed E-state index contributed by atoms with van der Waals surface area (Å²) in [7, 11) is 3.23. The normalized spacial score (nSPS) is 23.7. The van der Waals surface area contributed by atoms with Crippen molar-refractivity contribution in [3.05, 3.63) is 24.0 Å².